The molecule has 1 rings (SSSR count). The lowest BCUT2D eigenvalue weighted by atomic mass is 10.1. The molecule has 78 valence electrons. The van der Waals surface area contributed by atoms with Crippen LogP contribution < -0.4 is 0 Å². The molecule has 0 amide bonds. The van der Waals surface area contributed by atoms with Gasteiger partial charge in [0.2, 0.25) is 0 Å². The molecule has 2 nitrogen and oxygen atoms in total. The molecule has 1 fully saturated rings. The summed E-state index contributed by atoms with van der Waals surface area (Å²) in [6.45, 7) is 9.89. The molecule has 0 aliphatic carbocycles. The SMILES string of the molecule is CCCC(C)N1CCOCCC1C. The fraction of sp³-hybridized carbons (Fsp3) is 1.00. The molecule has 0 radical (unpaired) electrons. The van der Waals surface area contributed by atoms with Crippen LogP contribution in [0.1, 0.15) is 40.0 Å². The Balaban J connectivity index is 2.43. The molecule has 1 aliphatic heterocycles. The van der Waals surface area contributed by atoms with E-state index >= 15 is 0 Å². The van der Waals surface area contributed by atoms with Crippen molar-refractivity contribution in [2.45, 2.75) is 52.1 Å². The lowest BCUT2D eigenvalue weighted by molar-refractivity contribution is 0.124. The maximum absolute atomic E-state index is 5.48. The fourth-order valence-electron chi connectivity index (χ4n) is 2.15. The van der Waals surface area contributed by atoms with Crippen molar-refractivity contribution in [2.75, 3.05) is 19.8 Å². The average Bonchev–Trinajstić information content (AvgIpc) is 2.30. The van der Waals surface area contributed by atoms with Gasteiger partial charge in [-0.25, -0.2) is 0 Å². The first-order valence-electron chi connectivity index (χ1n) is 5.59. The minimum Gasteiger partial charge on any atom is -0.380 e. The Hall–Kier alpha value is -0.0800. The molecule has 2 atom stereocenters. The Kier molecular flexibility index (Phi) is 4.74. The smallest absolute Gasteiger partial charge is 0.0593 e. The van der Waals surface area contributed by atoms with E-state index in [9.17, 15) is 0 Å². The van der Waals surface area contributed by atoms with E-state index in [4.69, 9.17) is 4.74 Å². The van der Waals surface area contributed by atoms with Gasteiger partial charge in [0, 0.05) is 25.2 Å². The largest absolute Gasteiger partial charge is 0.380 e. The van der Waals surface area contributed by atoms with E-state index in [-0.39, 0.29) is 0 Å². The topological polar surface area (TPSA) is 12.5 Å². The van der Waals surface area contributed by atoms with Crippen LogP contribution in [0.3, 0.4) is 0 Å². The summed E-state index contributed by atoms with van der Waals surface area (Å²) in [5.74, 6) is 0. The first-order chi connectivity index (χ1) is 6.25. The number of hydrogen-bond donors (Lipinski definition) is 0. The second-order valence-corrected chi connectivity index (χ2v) is 4.13. The maximum Gasteiger partial charge on any atom is 0.0593 e. The van der Waals surface area contributed by atoms with Gasteiger partial charge >= 0.3 is 0 Å². The van der Waals surface area contributed by atoms with Gasteiger partial charge in [0.05, 0.1) is 6.61 Å². The van der Waals surface area contributed by atoms with Gasteiger partial charge < -0.3 is 4.74 Å². The maximum atomic E-state index is 5.48. The number of nitrogens with zero attached hydrogens (tertiary/aromatic N) is 1. The van der Waals surface area contributed by atoms with Gasteiger partial charge in [-0.15, -0.1) is 0 Å². The molecule has 2 heteroatoms. The van der Waals surface area contributed by atoms with Gasteiger partial charge in [-0.2, -0.15) is 0 Å². The molecule has 2 unspecified atom stereocenters. The molecular formula is C11H23NO. The summed E-state index contributed by atoms with van der Waals surface area (Å²) >= 11 is 0. The molecule has 0 spiro atoms. The van der Waals surface area contributed by atoms with Crippen molar-refractivity contribution in [2.24, 2.45) is 0 Å². The fourth-order valence-corrected chi connectivity index (χ4v) is 2.15. The Bertz CT molecular complexity index is 138. The van der Waals surface area contributed by atoms with Crippen LogP contribution in [0, 0.1) is 0 Å². The molecule has 0 bridgehead atoms. The van der Waals surface area contributed by atoms with Crippen molar-refractivity contribution in [3.05, 3.63) is 0 Å². The van der Waals surface area contributed by atoms with E-state index in [0.717, 1.165) is 25.8 Å². The normalized spacial score (nSPS) is 28.4. The van der Waals surface area contributed by atoms with Gasteiger partial charge in [-0.1, -0.05) is 13.3 Å². The second-order valence-electron chi connectivity index (χ2n) is 4.13. The summed E-state index contributed by atoms with van der Waals surface area (Å²) < 4.78 is 5.48. The Morgan fingerprint density at radius 1 is 1.46 bits per heavy atom. The Morgan fingerprint density at radius 2 is 2.23 bits per heavy atom. The van der Waals surface area contributed by atoms with E-state index in [1.165, 1.54) is 19.3 Å². The van der Waals surface area contributed by atoms with Gasteiger partial charge in [-0.05, 0) is 26.7 Å². The van der Waals surface area contributed by atoms with E-state index in [1.807, 2.05) is 0 Å². The van der Waals surface area contributed by atoms with Crippen molar-refractivity contribution in [3.8, 4) is 0 Å². The first-order valence-corrected chi connectivity index (χ1v) is 5.59. The van der Waals surface area contributed by atoms with Crippen molar-refractivity contribution < 1.29 is 4.74 Å². The number of rotatable bonds is 3. The summed E-state index contributed by atoms with van der Waals surface area (Å²) in [5, 5.41) is 0. The summed E-state index contributed by atoms with van der Waals surface area (Å²) in [7, 11) is 0. The molecule has 0 aromatic carbocycles. The van der Waals surface area contributed by atoms with Gasteiger partial charge in [0.25, 0.3) is 0 Å². The lowest BCUT2D eigenvalue weighted by Crippen LogP contribution is -2.40. The minimum absolute atomic E-state index is 0.698. The molecule has 0 saturated carbocycles. The van der Waals surface area contributed by atoms with Gasteiger partial charge in [0.1, 0.15) is 0 Å². The highest BCUT2D eigenvalue weighted by Gasteiger charge is 2.21. The highest BCUT2D eigenvalue weighted by molar-refractivity contribution is 4.75. The highest BCUT2D eigenvalue weighted by atomic mass is 16.5. The van der Waals surface area contributed by atoms with Crippen LogP contribution in [0.25, 0.3) is 0 Å². The Morgan fingerprint density at radius 3 is 2.92 bits per heavy atom. The van der Waals surface area contributed by atoms with Crippen LogP contribution >= 0.6 is 0 Å². The third kappa shape index (κ3) is 3.28. The summed E-state index contributed by atoms with van der Waals surface area (Å²) in [6, 6.07) is 1.42. The van der Waals surface area contributed by atoms with Crippen LogP contribution in [-0.2, 0) is 4.74 Å². The predicted molar refractivity (Wildman–Crippen MR) is 56.0 cm³/mol. The van der Waals surface area contributed by atoms with Crippen LogP contribution in [0.4, 0.5) is 0 Å². The summed E-state index contributed by atoms with van der Waals surface area (Å²) in [6.07, 6.45) is 3.78. The van der Waals surface area contributed by atoms with Crippen LogP contribution in [0.5, 0.6) is 0 Å². The standard InChI is InChI=1S/C11H23NO/c1-4-5-10(2)12-7-9-13-8-6-11(12)3/h10-11H,4-9H2,1-3H3. The molecule has 1 heterocycles. The van der Waals surface area contributed by atoms with Gasteiger partial charge in [0.15, 0.2) is 0 Å². The Labute approximate surface area is 82.3 Å². The van der Waals surface area contributed by atoms with Gasteiger partial charge in [-0.3, -0.25) is 4.90 Å². The van der Waals surface area contributed by atoms with E-state index < -0.39 is 0 Å². The molecule has 0 aromatic heterocycles. The zero-order valence-corrected chi connectivity index (χ0v) is 9.25. The first kappa shape index (κ1) is 11.0. The lowest BCUT2D eigenvalue weighted by Gasteiger charge is -2.32. The summed E-state index contributed by atoms with van der Waals surface area (Å²) in [5.41, 5.74) is 0. The monoisotopic (exact) mass is 185 g/mol. The predicted octanol–water partition coefficient (Wildman–Crippen LogP) is 2.29. The second kappa shape index (κ2) is 5.61. The molecule has 0 N–H and O–H groups in total. The molecule has 0 aromatic rings. The van der Waals surface area contributed by atoms with Crippen molar-refractivity contribution >= 4 is 0 Å². The van der Waals surface area contributed by atoms with Crippen molar-refractivity contribution in [1.29, 1.82) is 0 Å². The van der Waals surface area contributed by atoms with Crippen LogP contribution in [0.2, 0.25) is 0 Å². The molecule has 1 aliphatic rings. The van der Waals surface area contributed by atoms with Crippen LogP contribution in [0.15, 0.2) is 0 Å². The molecular weight excluding hydrogens is 162 g/mol. The number of ether oxygens (including phenoxy) is 1. The molecule has 1 saturated heterocycles. The van der Waals surface area contributed by atoms with E-state index in [2.05, 4.69) is 25.7 Å². The summed E-state index contributed by atoms with van der Waals surface area (Å²) in [4.78, 5) is 2.59. The van der Waals surface area contributed by atoms with E-state index in [1.54, 1.807) is 0 Å². The van der Waals surface area contributed by atoms with E-state index in [0.29, 0.717) is 6.04 Å². The van der Waals surface area contributed by atoms with Crippen molar-refractivity contribution in [1.82, 2.24) is 4.90 Å². The third-order valence-electron chi connectivity index (χ3n) is 3.01. The zero-order chi connectivity index (χ0) is 9.68. The van der Waals surface area contributed by atoms with Crippen LogP contribution in [-0.4, -0.2) is 36.7 Å². The zero-order valence-electron chi connectivity index (χ0n) is 9.25. The number of hydrogen-bond acceptors (Lipinski definition) is 2. The average molecular weight is 185 g/mol. The quantitative estimate of drug-likeness (QED) is 0.669. The minimum atomic E-state index is 0.698. The molecule has 13 heavy (non-hydrogen) atoms. The highest BCUT2D eigenvalue weighted by Crippen LogP contribution is 2.15. The third-order valence-corrected chi connectivity index (χ3v) is 3.01. The van der Waals surface area contributed by atoms with Crippen molar-refractivity contribution in [3.63, 3.8) is 0 Å².